The molecule has 15 heavy (non-hydrogen) atoms. The highest BCUT2D eigenvalue weighted by Crippen LogP contribution is 2.33. The van der Waals surface area contributed by atoms with Gasteiger partial charge in [-0.15, -0.1) is 0 Å². The fourth-order valence-electron chi connectivity index (χ4n) is 1.58. The van der Waals surface area contributed by atoms with E-state index in [9.17, 15) is 4.79 Å². The molecule has 0 bridgehead atoms. The van der Waals surface area contributed by atoms with E-state index in [0.717, 1.165) is 27.6 Å². The minimum atomic E-state index is -0.0385. The predicted molar refractivity (Wildman–Crippen MR) is 71.5 cm³/mol. The van der Waals surface area contributed by atoms with Gasteiger partial charge in [0.1, 0.15) is 0 Å². The van der Waals surface area contributed by atoms with E-state index in [4.69, 9.17) is 0 Å². The van der Waals surface area contributed by atoms with Gasteiger partial charge in [-0.05, 0) is 40.5 Å². The summed E-state index contributed by atoms with van der Waals surface area (Å²) in [7, 11) is 0. The van der Waals surface area contributed by atoms with Crippen molar-refractivity contribution < 1.29 is 4.79 Å². The second-order valence-corrected chi connectivity index (χ2v) is 6.22. The molecular weight excluding hydrogens is 390 g/mol. The van der Waals surface area contributed by atoms with Crippen molar-refractivity contribution >= 4 is 59.4 Å². The Hall–Kier alpha value is 0.130. The molecule has 5 heteroatoms. The minimum absolute atomic E-state index is 0.0385. The summed E-state index contributed by atoms with van der Waals surface area (Å²) in [6.07, 6.45) is 0.859. The molecule has 2 rings (SSSR count). The summed E-state index contributed by atoms with van der Waals surface area (Å²) in [6.45, 7) is 0.768. The van der Waals surface area contributed by atoms with Crippen LogP contribution in [0.5, 0.6) is 0 Å². The number of amides is 1. The second-order valence-electron chi connectivity index (χ2n) is 3.34. The van der Waals surface area contributed by atoms with E-state index in [-0.39, 0.29) is 10.7 Å². The summed E-state index contributed by atoms with van der Waals surface area (Å²) >= 11 is 10.2. The quantitative estimate of drug-likeness (QED) is 0.661. The lowest BCUT2D eigenvalue weighted by Gasteiger charge is -2.17. The summed E-state index contributed by atoms with van der Waals surface area (Å²) in [5.74, 6) is 0.133. The van der Waals surface area contributed by atoms with E-state index in [0.29, 0.717) is 0 Å². The standard InChI is InChI=1S/C10H8Br3NO/c11-6-1-2-7(12)9(5-6)14-4-3-8(13)10(14)15/h1-2,5,8H,3-4H2. The Morgan fingerprint density at radius 2 is 2.07 bits per heavy atom. The first-order chi connectivity index (χ1) is 7.09. The van der Waals surface area contributed by atoms with Gasteiger partial charge in [0.2, 0.25) is 5.91 Å². The Bertz CT molecular complexity index is 408. The molecule has 2 nitrogen and oxygen atoms in total. The average molecular weight is 398 g/mol. The summed E-state index contributed by atoms with van der Waals surface area (Å²) in [5.41, 5.74) is 0.927. The highest BCUT2D eigenvalue weighted by Gasteiger charge is 2.31. The molecule has 1 aromatic rings. The van der Waals surface area contributed by atoms with E-state index in [1.54, 1.807) is 4.90 Å². The van der Waals surface area contributed by atoms with Crippen LogP contribution in [0.25, 0.3) is 0 Å². The van der Waals surface area contributed by atoms with Crippen molar-refractivity contribution in [1.29, 1.82) is 0 Å². The van der Waals surface area contributed by atoms with Crippen molar-refractivity contribution in [3.8, 4) is 0 Å². The van der Waals surface area contributed by atoms with Crippen LogP contribution in [0.1, 0.15) is 6.42 Å². The monoisotopic (exact) mass is 395 g/mol. The highest BCUT2D eigenvalue weighted by atomic mass is 79.9. The number of rotatable bonds is 1. The minimum Gasteiger partial charge on any atom is -0.310 e. The Morgan fingerprint density at radius 1 is 1.33 bits per heavy atom. The number of carbonyl (C=O) groups is 1. The summed E-state index contributed by atoms with van der Waals surface area (Å²) in [4.78, 5) is 13.6. The number of anilines is 1. The fraction of sp³-hybridized carbons (Fsp3) is 0.300. The number of alkyl halides is 1. The lowest BCUT2D eigenvalue weighted by atomic mass is 10.3. The first kappa shape index (κ1) is 11.6. The van der Waals surface area contributed by atoms with Gasteiger partial charge in [0.25, 0.3) is 0 Å². The molecule has 1 aliphatic rings. The summed E-state index contributed by atoms with van der Waals surface area (Å²) in [6, 6.07) is 5.83. The normalized spacial score (nSPS) is 21.1. The summed E-state index contributed by atoms with van der Waals surface area (Å²) < 4.78 is 1.92. The second kappa shape index (κ2) is 4.55. The van der Waals surface area contributed by atoms with Gasteiger partial charge in [0.15, 0.2) is 0 Å². The molecular formula is C10H8Br3NO. The molecule has 1 atom stereocenters. The van der Waals surface area contributed by atoms with Gasteiger partial charge < -0.3 is 4.90 Å². The molecule has 1 saturated heterocycles. The molecule has 0 saturated carbocycles. The van der Waals surface area contributed by atoms with E-state index in [1.807, 2.05) is 18.2 Å². The van der Waals surface area contributed by atoms with Gasteiger partial charge >= 0.3 is 0 Å². The largest absolute Gasteiger partial charge is 0.310 e. The van der Waals surface area contributed by atoms with Crippen molar-refractivity contribution in [2.24, 2.45) is 0 Å². The van der Waals surface area contributed by atoms with Crippen LogP contribution in [0.4, 0.5) is 5.69 Å². The number of carbonyl (C=O) groups excluding carboxylic acids is 1. The summed E-state index contributed by atoms with van der Waals surface area (Å²) in [5, 5.41) is 0. The smallest absolute Gasteiger partial charge is 0.240 e. The molecule has 1 unspecified atom stereocenters. The lowest BCUT2D eigenvalue weighted by molar-refractivity contribution is -0.116. The number of hydrogen-bond acceptors (Lipinski definition) is 1. The molecule has 1 aromatic carbocycles. The zero-order valence-electron chi connectivity index (χ0n) is 7.71. The number of nitrogens with zero attached hydrogens (tertiary/aromatic N) is 1. The van der Waals surface area contributed by atoms with Gasteiger partial charge in [-0.25, -0.2) is 0 Å². The van der Waals surface area contributed by atoms with E-state index >= 15 is 0 Å². The van der Waals surface area contributed by atoms with Crippen LogP contribution in [0, 0.1) is 0 Å². The predicted octanol–water partition coefficient (Wildman–Crippen LogP) is 3.71. The lowest BCUT2D eigenvalue weighted by Crippen LogP contribution is -2.27. The first-order valence-corrected chi connectivity index (χ1v) is 7.00. The molecule has 0 aliphatic carbocycles. The third kappa shape index (κ3) is 2.29. The number of halogens is 3. The van der Waals surface area contributed by atoms with Crippen LogP contribution >= 0.6 is 47.8 Å². The van der Waals surface area contributed by atoms with E-state index < -0.39 is 0 Å². The van der Waals surface area contributed by atoms with Crippen LogP contribution in [-0.2, 0) is 4.79 Å². The van der Waals surface area contributed by atoms with Crippen molar-refractivity contribution in [3.05, 3.63) is 27.1 Å². The SMILES string of the molecule is O=C1C(Br)CCN1c1cc(Br)ccc1Br. The van der Waals surface area contributed by atoms with Crippen molar-refractivity contribution in [3.63, 3.8) is 0 Å². The zero-order valence-corrected chi connectivity index (χ0v) is 12.5. The Kier molecular flexibility index (Phi) is 3.52. The maximum Gasteiger partial charge on any atom is 0.240 e. The topological polar surface area (TPSA) is 20.3 Å². The van der Waals surface area contributed by atoms with Gasteiger partial charge in [-0.3, -0.25) is 4.79 Å². The van der Waals surface area contributed by atoms with E-state index in [2.05, 4.69) is 47.8 Å². The Labute approximate surface area is 113 Å². The van der Waals surface area contributed by atoms with Crippen molar-refractivity contribution in [2.45, 2.75) is 11.2 Å². The van der Waals surface area contributed by atoms with Crippen molar-refractivity contribution in [1.82, 2.24) is 0 Å². The molecule has 0 aromatic heterocycles. The third-order valence-electron chi connectivity index (χ3n) is 2.34. The van der Waals surface area contributed by atoms with Gasteiger partial charge in [-0.2, -0.15) is 0 Å². The number of hydrogen-bond donors (Lipinski definition) is 0. The van der Waals surface area contributed by atoms with Crippen LogP contribution in [0.15, 0.2) is 27.1 Å². The molecule has 1 amide bonds. The van der Waals surface area contributed by atoms with Crippen LogP contribution < -0.4 is 4.90 Å². The third-order valence-corrected chi connectivity index (χ3v) is 4.35. The van der Waals surface area contributed by atoms with Crippen LogP contribution in [-0.4, -0.2) is 17.3 Å². The molecule has 0 spiro atoms. The maximum absolute atomic E-state index is 11.8. The molecule has 80 valence electrons. The van der Waals surface area contributed by atoms with Crippen LogP contribution in [0.2, 0.25) is 0 Å². The first-order valence-electron chi connectivity index (χ1n) is 4.50. The fourth-order valence-corrected chi connectivity index (χ4v) is 2.84. The van der Waals surface area contributed by atoms with Crippen LogP contribution in [0.3, 0.4) is 0 Å². The van der Waals surface area contributed by atoms with Gasteiger partial charge in [0, 0.05) is 15.5 Å². The maximum atomic E-state index is 11.8. The Morgan fingerprint density at radius 3 is 2.67 bits per heavy atom. The van der Waals surface area contributed by atoms with E-state index in [1.165, 1.54) is 0 Å². The molecule has 0 radical (unpaired) electrons. The van der Waals surface area contributed by atoms with Gasteiger partial charge in [0.05, 0.1) is 10.5 Å². The molecule has 1 heterocycles. The molecule has 1 fully saturated rings. The highest BCUT2D eigenvalue weighted by molar-refractivity contribution is 9.11. The zero-order chi connectivity index (χ0) is 11.0. The molecule has 1 aliphatic heterocycles. The van der Waals surface area contributed by atoms with Gasteiger partial charge in [-0.1, -0.05) is 31.9 Å². The molecule has 0 N–H and O–H groups in total. The average Bonchev–Trinajstić information content (AvgIpc) is 2.52. The number of benzene rings is 1. The Balaban J connectivity index is 2.37. The van der Waals surface area contributed by atoms with Crippen molar-refractivity contribution in [2.75, 3.05) is 11.4 Å².